The Morgan fingerprint density at radius 1 is 1.29 bits per heavy atom. The number of phenolic OH excluding ortho intramolecular Hbond substituents is 1. The summed E-state index contributed by atoms with van der Waals surface area (Å²) in [5.41, 5.74) is 5.81. The van der Waals surface area contributed by atoms with E-state index in [-0.39, 0.29) is 48.2 Å². The van der Waals surface area contributed by atoms with Crippen LogP contribution in [0, 0.1) is 29.1 Å². The number of aliphatic imine (C=N–C) groups is 1. The van der Waals surface area contributed by atoms with Crippen LogP contribution in [-0.4, -0.2) is 90.9 Å². The number of carbonyl (C=O) groups is 1. The third kappa shape index (κ3) is 9.03. The van der Waals surface area contributed by atoms with Gasteiger partial charge in [-0.05, 0) is 76.7 Å². The molecule has 4 rings (SSSR count). The van der Waals surface area contributed by atoms with Crippen molar-refractivity contribution in [2.75, 3.05) is 33.7 Å². The number of esters is 1. The molecule has 2 heterocycles. The molecule has 3 aliphatic rings. The van der Waals surface area contributed by atoms with Crippen molar-refractivity contribution in [1.29, 1.82) is 0 Å². The minimum atomic E-state index is -0.888. The molecule has 11 nitrogen and oxygen atoms in total. The van der Waals surface area contributed by atoms with E-state index in [1.165, 1.54) is 6.92 Å². The van der Waals surface area contributed by atoms with Crippen LogP contribution in [0.3, 0.4) is 0 Å². The quantitative estimate of drug-likeness (QED) is 0.107. The van der Waals surface area contributed by atoms with Crippen LogP contribution in [-0.2, 0) is 16.0 Å². The fourth-order valence-electron chi connectivity index (χ4n) is 7.33. The van der Waals surface area contributed by atoms with Crippen LogP contribution >= 0.6 is 0 Å². The van der Waals surface area contributed by atoms with E-state index >= 15 is 0 Å². The minimum absolute atomic E-state index is 0.0517. The van der Waals surface area contributed by atoms with Gasteiger partial charge < -0.3 is 46.5 Å². The first-order valence-electron chi connectivity index (χ1n) is 16.4. The van der Waals surface area contributed by atoms with Crippen molar-refractivity contribution in [3.05, 3.63) is 23.8 Å². The normalized spacial score (nSPS) is 33.3. The monoisotopic (exact) mass is 627 g/mol. The number of likely N-dealkylation sites (N-methyl/N-ethyl adjacent to an activating group) is 1. The highest BCUT2D eigenvalue weighted by atomic mass is 16.5. The van der Waals surface area contributed by atoms with Crippen LogP contribution < -0.4 is 26.4 Å². The lowest BCUT2D eigenvalue weighted by Gasteiger charge is -2.42. The second-order valence-corrected chi connectivity index (χ2v) is 13.3. The third-order valence-corrected chi connectivity index (χ3v) is 9.93. The Kier molecular flexibility index (Phi) is 12.0. The van der Waals surface area contributed by atoms with Gasteiger partial charge in [0.25, 0.3) is 0 Å². The highest BCUT2D eigenvalue weighted by Gasteiger charge is 2.41. The Balaban J connectivity index is 1.84. The summed E-state index contributed by atoms with van der Waals surface area (Å²) in [5.74, 6) is 6.96. The van der Waals surface area contributed by atoms with E-state index in [4.69, 9.17) is 15.2 Å². The number of hydrogen-bond donors (Lipinski definition) is 7. The number of nitrogens with two attached hydrogens (primary N) is 1. The summed E-state index contributed by atoms with van der Waals surface area (Å²) in [5, 5.41) is 43.4. The number of aromatic hydroxyl groups is 1. The SMILES string of the molecule is CN=C(N)NCC1(C(C)O)C#CC2CCCC3(CNC)CC(CCN3)Oc3cc(ccc3O)CC2C(OC(C)=O)CC(O)CC1. The number of aliphatic hydroxyl groups is 2. The molecule has 11 heteroatoms. The van der Waals surface area contributed by atoms with Crippen LogP contribution in [0.15, 0.2) is 23.2 Å². The maximum atomic E-state index is 12.4. The fourth-order valence-corrected chi connectivity index (χ4v) is 7.33. The smallest absolute Gasteiger partial charge is 0.302 e. The lowest BCUT2D eigenvalue weighted by Crippen LogP contribution is -2.58. The molecule has 1 aromatic carbocycles. The topological polar surface area (TPSA) is 171 Å². The zero-order valence-corrected chi connectivity index (χ0v) is 27.3. The van der Waals surface area contributed by atoms with E-state index < -0.39 is 29.7 Å². The van der Waals surface area contributed by atoms with Crippen molar-refractivity contribution in [2.24, 2.45) is 28.0 Å². The molecule has 8 unspecified atom stereocenters. The number of phenols is 1. The van der Waals surface area contributed by atoms with Crippen molar-refractivity contribution in [3.63, 3.8) is 0 Å². The number of nitrogens with zero attached hydrogens (tertiary/aromatic N) is 1. The molecule has 0 saturated carbocycles. The molecular weight excluding hydrogens is 574 g/mol. The maximum absolute atomic E-state index is 12.4. The predicted octanol–water partition coefficient (Wildman–Crippen LogP) is 1.82. The van der Waals surface area contributed by atoms with Gasteiger partial charge in [-0.3, -0.25) is 9.79 Å². The van der Waals surface area contributed by atoms with Crippen LogP contribution in [0.25, 0.3) is 0 Å². The molecule has 2 aliphatic heterocycles. The van der Waals surface area contributed by atoms with E-state index in [9.17, 15) is 20.1 Å². The Bertz CT molecular complexity index is 1240. The Morgan fingerprint density at radius 3 is 2.80 bits per heavy atom. The molecule has 0 radical (unpaired) electrons. The molecule has 4 bridgehead atoms. The average Bonchev–Trinajstić information content (AvgIpc) is 2.99. The summed E-state index contributed by atoms with van der Waals surface area (Å²) in [6, 6.07) is 5.42. The molecule has 1 saturated heterocycles. The molecule has 45 heavy (non-hydrogen) atoms. The van der Waals surface area contributed by atoms with Gasteiger partial charge >= 0.3 is 5.97 Å². The number of hydrogen-bond acceptors (Lipinski definition) is 9. The molecular formula is C34H53N5O6. The highest BCUT2D eigenvalue weighted by Crippen LogP contribution is 2.39. The number of rotatable bonds is 6. The molecule has 250 valence electrons. The van der Waals surface area contributed by atoms with Crippen LogP contribution in [0.2, 0.25) is 0 Å². The first kappa shape index (κ1) is 34.8. The van der Waals surface area contributed by atoms with Crippen molar-refractivity contribution in [1.82, 2.24) is 16.0 Å². The summed E-state index contributed by atoms with van der Waals surface area (Å²) in [6.07, 6.45) is 3.38. The summed E-state index contributed by atoms with van der Waals surface area (Å²) in [6.45, 7) is 4.96. The molecule has 8 atom stereocenters. The largest absolute Gasteiger partial charge is 0.504 e. The lowest BCUT2D eigenvalue weighted by atomic mass is 9.72. The van der Waals surface area contributed by atoms with Gasteiger partial charge in [0.1, 0.15) is 12.2 Å². The number of carbonyl (C=O) groups excluding carboxylic acids is 1. The number of nitrogens with one attached hydrogen (secondary N) is 3. The standard InChI is InChI=1S/C34H53N5O6/c1-22(40)33(20-38-32(35)37-4)13-9-25-6-5-12-34(21-36-3)19-27(11-15-39-34)45-31-17-24(7-8-29(31)43)16-28(25)30(44-23(2)41)18-26(42)10-14-33/h7-8,17,22,25-28,30,36,39-40,42-43H,5-6,10-12,14-16,18-21H2,1-4H3,(H3,35,37,38). The number of piperidine rings is 1. The zero-order chi connectivity index (χ0) is 32.6. The Labute approximate surface area is 267 Å². The average molecular weight is 628 g/mol. The fraction of sp³-hybridized carbons (Fsp3) is 0.706. The van der Waals surface area contributed by atoms with E-state index in [1.807, 2.05) is 19.2 Å². The number of benzene rings is 1. The van der Waals surface area contributed by atoms with Gasteiger partial charge in [-0.25, -0.2) is 0 Å². The molecule has 1 aliphatic carbocycles. The molecule has 8 N–H and O–H groups in total. The van der Waals surface area contributed by atoms with Crippen LogP contribution in [0.1, 0.15) is 70.8 Å². The number of guanidine groups is 1. The van der Waals surface area contributed by atoms with Gasteiger partial charge in [0.05, 0.1) is 17.6 Å². The van der Waals surface area contributed by atoms with Gasteiger partial charge in [-0.15, -0.1) is 0 Å². The maximum Gasteiger partial charge on any atom is 0.302 e. The lowest BCUT2D eigenvalue weighted by molar-refractivity contribution is -0.152. The first-order valence-corrected chi connectivity index (χ1v) is 16.4. The number of fused-ring (bicyclic) bond motifs is 5. The van der Waals surface area contributed by atoms with E-state index in [2.05, 4.69) is 32.8 Å². The molecule has 0 spiro atoms. The molecule has 1 aromatic rings. The van der Waals surface area contributed by atoms with E-state index in [0.29, 0.717) is 25.0 Å². The van der Waals surface area contributed by atoms with Crippen molar-refractivity contribution in [3.8, 4) is 23.3 Å². The Morgan fingerprint density at radius 2 is 2.09 bits per heavy atom. The summed E-state index contributed by atoms with van der Waals surface area (Å²) >= 11 is 0. The van der Waals surface area contributed by atoms with Crippen molar-refractivity contribution in [2.45, 2.75) is 102 Å². The summed E-state index contributed by atoms with van der Waals surface area (Å²) < 4.78 is 12.4. The van der Waals surface area contributed by atoms with Gasteiger partial charge in [0, 0.05) is 57.3 Å². The van der Waals surface area contributed by atoms with Gasteiger partial charge in [-0.2, -0.15) is 0 Å². The Hall–Kier alpha value is -3.04. The van der Waals surface area contributed by atoms with Crippen molar-refractivity contribution < 1.29 is 29.6 Å². The van der Waals surface area contributed by atoms with E-state index in [1.54, 1.807) is 20.0 Å². The van der Waals surface area contributed by atoms with Gasteiger partial charge in [0.2, 0.25) is 0 Å². The van der Waals surface area contributed by atoms with Crippen molar-refractivity contribution >= 4 is 11.9 Å². The van der Waals surface area contributed by atoms with Gasteiger partial charge in [-0.1, -0.05) is 24.3 Å². The number of ether oxygens (including phenoxy) is 2. The molecule has 1 fully saturated rings. The van der Waals surface area contributed by atoms with Crippen LogP contribution in [0.4, 0.5) is 0 Å². The third-order valence-electron chi connectivity index (χ3n) is 9.93. The highest BCUT2D eigenvalue weighted by molar-refractivity contribution is 5.77. The van der Waals surface area contributed by atoms with Gasteiger partial charge in [0.15, 0.2) is 17.5 Å². The molecule has 0 amide bonds. The number of aliphatic hydroxyl groups excluding tert-OH is 2. The second-order valence-electron chi connectivity index (χ2n) is 13.3. The minimum Gasteiger partial charge on any atom is -0.504 e. The predicted molar refractivity (Wildman–Crippen MR) is 174 cm³/mol. The van der Waals surface area contributed by atoms with E-state index in [0.717, 1.165) is 50.8 Å². The second kappa shape index (κ2) is 15.5. The zero-order valence-electron chi connectivity index (χ0n) is 27.3. The van der Waals surface area contributed by atoms with Crippen LogP contribution in [0.5, 0.6) is 11.5 Å². The molecule has 0 aromatic heterocycles. The first-order chi connectivity index (χ1) is 21.5. The summed E-state index contributed by atoms with van der Waals surface area (Å²) in [7, 11) is 3.55. The summed E-state index contributed by atoms with van der Waals surface area (Å²) in [4.78, 5) is 16.4.